The maximum Gasteiger partial charge on any atom is 0.220 e. The third-order valence-corrected chi connectivity index (χ3v) is 8.37. The fourth-order valence-corrected chi connectivity index (χ4v) is 7.06. The maximum absolute atomic E-state index is 12.6. The van der Waals surface area contributed by atoms with Gasteiger partial charge in [0.25, 0.3) is 0 Å². The summed E-state index contributed by atoms with van der Waals surface area (Å²) in [5, 5.41) is 3.32. The lowest BCUT2D eigenvalue weighted by Gasteiger charge is -2.54. The first-order valence-electron chi connectivity index (χ1n) is 12.1. The zero-order valence-corrected chi connectivity index (χ0v) is 18.3. The van der Waals surface area contributed by atoms with Crippen LogP contribution in [-0.4, -0.2) is 18.5 Å². The summed E-state index contributed by atoms with van der Waals surface area (Å²) in [7, 11) is 0. The number of rotatable bonds is 6. The SMILES string of the molecule is CC12CCCC(c3ccccc3)(CC(CCC(=O)NC3CCC(CN)CC3)C1)C2. The first-order valence-corrected chi connectivity index (χ1v) is 12.1. The smallest absolute Gasteiger partial charge is 0.220 e. The van der Waals surface area contributed by atoms with Gasteiger partial charge in [0.2, 0.25) is 5.91 Å². The van der Waals surface area contributed by atoms with Gasteiger partial charge >= 0.3 is 0 Å². The van der Waals surface area contributed by atoms with Crippen LogP contribution in [0.25, 0.3) is 0 Å². The third-order valence-electron chi connectivity index (χ3n) is 8.37. The summed E-state index contributed by atoms with van der Waals surface area (Å²) in [4.78, 5) is 12.6. The van der Waals surface area contributed by atoms with E-state index in [1.807, 2.05) is 0 Å². The minimum Gasteiger partial charge on any atom is -0.353 e. The molecule has 3 aliphatic rings. The summed E-state index contributed by atoms with van der Waals surface area (Å²) in [5.74, 6) is 1.61. The molecule has 29 heavy (non-hydrogen) atoms. The van der Waals surface area contributed by atoms with Crippen molar-refractivity contribution in [2.24, 2.45) is 23.0 Å². The summed E-state index contributed by atoms with van der Waals surface area (Å²) in [6.45, 7) is 3.30. The number of amides is 1. The highest BCUT2D eigenvalue weighted by Gasteiger charge is 2.49. The molecule has 3 atom stereocenters. The number of hydrogen-bond acceptors (Lipinski definition) is 2. The van der Waals surface area contributed by atoms with Crippen molar-refractivity contribution in [1.82, 2.24) is 5.32 Å². The summed E-state index contributed by atoms with van der Waals surface area (Å²) >= 11 is 0. The molecule has 0 aliphatic heterocycles. The van der Waals surface area contributed by atoms with Crippen LogP contribution in [0.5, 0.6) is 0 Å². The van der Waals surface area contributed by atoms with Crippen LogP contribution in [-0.2, 0) is 10.2 Å². The number of fused-ring (bicyclic) bond motifs is 2. The van der Waals surface area contributed by atoms with E-state index in [4.69, 9.17) is 5.73 Å². The third kappa shape index (κ3) is 4.87. The van der Waals surface area contributed by atoms with Gasteiger partial charge in [0, 0.05) is 12.5 Å². The number of carbonyl (C=O) groups is 1. The van der Waals surface area contributed by atoms with E-state index in [1.165, 1.54) is 56.9 Å². The average molecular weight is 397 g/mol. The second-order valence-electron chi connectivity index (χ2n) is 10.8. The van der Waals surface area contributed by atoms with Gasteiger partial charge in [-0.3, -0.25) is 4.79 Å². The Morgan fingerprint density at radius 2 is 1.83 bits per heavy atom. The highest BCUT2D eigenvalue weighted by Crippen LogP contribution is 2.58. The number of carbonyl (C=O) groups excluding carboxylic acids is 1. The van der Waals surface area contributed by atoms with E-state index in [0.717, 1.165) is 25.8 Å². The van der Waals surface area contributed by atoms with E-state index in [-0.39, 0.29) is 5.91 Å². The van der Waals surface area contributed by atoms with E-state index in [9.17, 15) is 4.79 Å². The molecule has 4 rings (SSSR count). The Morgan fingerprint density at radius 1 is 1.07 bits per heavy atom. The van der Waals surface area contributed by atoms with Crippen molar-refractivity contribution in [3.8, 4) is 0 Å². The minimum absolute atomic E-state index is 0.274. The van der Waals surface area contributed by atoms with Crippen molar-refractivity contribution in [2.75, 3.05) is 6.54 Å². The number of benzene rings is 1. The summed E-state index contributed by atoms with van der Waals surface area (Å²) < 4.78 is 0. The van der Waals surface area contributed by atoms with Crippen molar-refractivity contribution >= 4 is 5.91 Å². The van der Waals surface area contributed by atoms with Crippen LogP contribution >= 0.6 is 0 Å². The molecular formula is C26H40N2O. The molecule has 3 heteroatoms. The highest BCUT2D eigenvalue weighted by molar-refractivity contribution is 5.76. The Kier molecular flexibility index (Phi) is 6.34. The molecule has 0 heterocycles. The fourth-order valence-electron chi connectivity index (χ4n) is 7.06. The van der Waals surface area contributed by atoms with Crippen molar-refractivity contribution < 1.29 is 4.79 Å². The zero-order chi connectivity index (χ0) is 20.3. The quantitative estimate of drug-likeness (QED) is 0.683. The molecule has 3 nitrogen and oxygen atoms in total. The zero-order valence-electron chi connectivity index (χ0n) is 18.3. The molecule has 0 radical (unpaired) electrons. The van der Waals surface area contributed by atoms with Crippen LogP contribution in [0.4, 0.5) is 0 Å². The summed E-state index contributed by atoms with van der Waals surface area (Å²) in [6.07, 6.45) is 14.2. The van der Waals surface area contributed by atoms with Gasteiger partial charge in [-0.25, -0.2) is 0 Å². The Balaban J connectivity index is 1.34. The lowest BCUT2D eigenvalue weighted by molar-refractivity contribution is -0.122. The van der Waals surface area contributed by atoms with Crippen LogP contribution in [0.15, 0.2) is 30.3 Å². The first-order chi connectivity index (χ1) is 14.0. The van der Waals surface area contributed by atoms with E-state index in [0.29, 0.717) is 35.1 Å². The van der Waals surface area contributed by atoms with Gasteiger partial charge in [0.05, 0.1) is 0 Å². The number of nitrogens with one attached hydrogen (secondary N) is 1. The second kappa shape index (κ2) is 8.79. The average Bonchev–Trinajstić information content (AvgIpc) is 2.73. The van der Waals surface area contributed by atoms with E-state index in [2.05, 4.69) is 42.6 Å². The molecule has 3 unspecified atom stereocenters. The minimum atomic E-state index is 0.274. The maximum atomic E-state index is 12.6. The normalized spacial score (nSPS) is 37.1. The molecule has 1 amide bonds. The molecule has 3 saturated carbocycles. The van der Waals surface area contributed by atoms with Crippen molar-refractivity contribution in [3.05, 3.63) is 35.9 Å². The lowest BCUT2D eigenvalue weighted by atomic mass is 9.50. The molecule has 3 aliphatic carbocycles. The van der Waals surface area contributed by atoms with Gasteiger partial charge in [0.15, 0.2) is 0 Å². The predicted molar refractivity (Wildman–Crippen MR) is 120 cm³/mol. The second-order valence-corrected chi connectivity index (χ2v) is 10.8. The van der Waals surface area contributed by atoms with Gasteiger partial charge in [-0.05, 0) is 99.0 Å². The molecule has 0 aromatic heterocycles. The predicted octanol–water partition coefficient (Wildman–Crippen LogP) is 5.33. The summed E-state index contributed by atoms with van der Waals surface area (Å²) in [6, 6.07) is 11.6. The molecule has 2 bridgehead atoms. The van der Waals surface area contributed by atoms with Gasteiger partial charge in [0.1, 0.15) is 0 Å². The van der Waals surface area contributed by atoms with Gasteiger partial charge in [-0.2, -0.15) is 0 Å². The van der Waals surface area contributed by atoms with E-state index < -0.39 is 0 Å². The molecule has 1 aromatic carbocycles. The molecular weight excluding hydrogens is 356 g/mol. The Bertz CT molecular complexity index is 681. The molecule has 0 saturated heterocycles. The summed E-state index contributed by atoms with van der Waals surface area (Å²) in [5.41, 5.74) is 8.13. The van der Waals surface area contributed by atoms with E-state index >= 15 is 0 Å². The Morgan fingerprint density at radius 3 is 2.55 bits per heavy atom. The molecule has 0 spiro atoms. The van der Waals surface area contributed by atoms with Gasteiger partial charge < -0.3 is 11.1 Å². The lowest BCUT2D eigenvalue weighted by Crippen LogP contribution is -2.45. The Labute approximate surface area is 177 Å². The number of hydrogen-bond donors (Lipinski definition) is 2. The van der Waals surface area contributed by atoms with Crippen LogP contribution in [0.1, 0.15) is 89.5 Å². The van der Waals surface area contributed by atoms with Crippen molar-refractivity contribution in [3.63, 3.8) is 0 Å². The standard InChI is InChI=1S/C26H40N2O/c1-25-14-5-15-26(19-25,22-6-3-2-4-7-22)17-21(16-25)10-13-24(29)28-23-11-8-20(18-27)9-12-23/h2-4,6-7,20-21,23H,5,8-19,27H2,1H3,(H,28,29). The van der Waals surface area contributed by atoms with Crippen LogP contribution in [0.2, 0.25) is 0 Å². The molecule has 160 valence electrons. The monoisotopic (exact) mass is 396 g/mol. The highest BCUT2D eigenvalue weighted by atomic mass is 16.1. The van der Waals surface area contributed by atoms with Crippen molar-refractivity contribution in [2.45, 2.75) is 95.4 Å². The topological polar surface area (TPSA) is 55.1 Å². The van der Waals surface area contributed by atoms with Crippen LogP contribution < -0.4 is 11.1 Å². The van der Waals surface area contributed by atoms with E-state index in [1.54, 1.807) is 0 Å². The first kappa shape index (κ1) is 20.9. The van der Waals surface area contributed by atoms with Gasteiger partial charge in [-0.1, -0.05) is 43.7 Å². The van der Waals surface area contributed by atoms with Gasteiger partial charge in [-0.15, -0.1) is 0 Å². The molecule has 3 N–H and O–H groups in total. The van der Waals surface area contributed by atoms with Crippen molar-refractivity contribution in [1.29, 1.82) is 0 Å². The van der Waals surface area contributed by atoms with Crippen LogP contribution in [0.3, 0.4) is 0 Å². The number of nitrogens with two attached hydrogens (primary N) is 1. The Hall–Kier alpha value is -1.35. The largest absolute Gasteiger partial charge is 0.353 e. The molecule has 1 aromatic rings. The fraction of sp³-hybridized carbons (Fsp3) is 0.731. The molecule has 3 fully saturated rings. The van der Waals surface area contributed by atoms with Crippen LogP contribution in [0, 0.1) is 17.3 Å².